The highest BCUT2D eigenvalue weighted by atomic mass is 28.5. The summed E-state index contributed by atoms with van der Waals surface area (Å²) in [5.74, 6) is 1.99. The SMILES string of the molecule is CCC(C)CO[Si](OCC(C)CC)(OCC(C)CC)O[Si](OCC(C)CC)(OCC(C)CC)OCC(C)CC. The fourth-order valence-electron chi connectivity index (χ4n) is 2.75. The van der Waals surface area contributed by atoms with Crippen LogP contribution in [0.1, 0.15) is 122 Å². The van der Waals surface area contributed by atoms with Gasteiger partial charge in [-0.3, -0.25) is 0 Å². The molecule has 0 aliphatic heterocycles. The van der Waals surface area contributed by atoms with E-state index in [2.05, 4.69) is 83.1 Å². The molecule has 0 N–H and O–H groups in total. The highest BCUT2D eigenvalue weighted by molar-refractivity contribution is 6.68. The first-order valence-electron chi connectivity index (χ1n) is 16.0. The van der Waals surface area contributed by atoms with Crippen molar-refractivity contribution in [2.45, 2.75) is 122 Å². The Morgan fingerprint density at radius 3 is 0.615 bits per heavy atom. The second-order valence-electron chi connectivity index (χ2n) is 12.0. The molecular formula is C30H66O7Si2. The van der Waals surface area contributed by atoms with Crippen molar-refractivity contribution in [1.82, 2.24) is 0 Å². The second-order valence-corrected chi connectivity index (χ2v) is 16.6. The van der Waals surface area contributed by atoms with Crippen molar-refractivity contribution in [3.63, 3.8) is 0 Å². The van der Waals surface area contributed by atoms with E-state index in [1.165, 1.54) is 0 Å². The largest absolute Gasteiger partial charge is 0.673 e. The monoisotopic (exact) mass is 594 g/mol. The molecule has 6 atom stereocenters. The third kappa shape index (κ3) is 17.0. The molecule has 39 heavy (non-hydrogen) atoms. The van der Waals surface area contributed by atoms with Gasteiger partial charge in [-0.2, -0.15) is 0 Å². The Hall–Kier alpha value is 0.154. The minimum Gasteiger partial charge on any atom is -0.351 e. The van der Waals surface area contributed by atoms with E-state index >= 15 is 0 Å². The molecule has 0 radical (unpaired) electrons. The van der Waals surface area contributed by atoms with Crippen LogP contribution in [0, 0.1) is 35.5 Å². The van der Waals surface area contributed by atoms with E-state index in [-0.39, 0.29) is 0 Å². The van der Waals surface area contributed by atoms with Crippen LogP contribution < -0.4 is 0 Å². The predicted octanol–water partition coefficient (Wildman–Crippen LogP) is 8.25. The summed E-state index contributed by atoms with van der Waals surface area (Å²) in [6, 6.07) is 0. The summed E-state index contributed by atoms with van der Waals surface area (Å²) in [6.07, 6.45) is 5.94. The average molecular weight is 595 g/mol. The van der Waals surface area contributed by atoms with Crippen molar-refractivity contribution in [3.05, 3.63) is 0 Å². The standard InChI is InChI=1S/C30H66O7Si2/c1-13-25(7)19-31-38(32-20-26(8)14-2,33-21-27(9)15-3)37-39(34-22-28(10)16-4,35-23-29(11)17-5)36-24-30(12)18-6/h25-30H,13-24H2,1-12H3. The van der Waals surface area contributed by atoms with Crippen LogP contribution in [0.3, 0.4) is 0 Å². The lowest BCUT2D eigenvalue weighted by Gasteiger charge is -2.38. The molecule has 0 aromatic rings. The summed E-state index contributed by atoms with van der Waals surface area (Å²) < 4.78 is 46.5. The molecule has 0 bridgehead atoms. The van der Waals surface area contributed by atoms with Crippen molar-refractivity contribution in [3.8, 4) is 0 Å². The normalized spacial score (nSPS) is 20.0. The molecule has 0 saturated carbocycles. The molecule has 0 heterocycles. The van der Waals surface area contributed by atoms with Gasteiger partial charge in [-0.15, -0.1) is 0 Å². The van der Waals surface area contributed by atoms with Crippen molar-refractivity contribution >= 4 is 18.1 Å². The van der Waals surface area contributed by atoms with E-state index < -0.39 is 18.1 Å². The molecule has 0 aromatic carbocycles. The first-order valence-corrected chi connectivity index (χ1v) is 19.2. The number of hydrogen-bond donors (Lipinski definition) is 0. The fraction of sp³-hybridized carbons (Fsp3) is 1.00. The highest BCUT2D eigenvalue weighted by Gasteiger charge is 2.60. The third-order valence-corrected chi connectivity index (χ3v) is 12.8. The van der Waals surface area contributed by atoms with Gasteiger partial charge in [-0.1, -0.05) is 122 Å². The zero-order chi connectivity index (χ0) is 29.9. The van der Waals surface area contributed by atoms with E-state index in [9.17, 15) is 0 Å². The number of hydrogen-bond acceptors (Lipinski definition) is 7. The first-order chi connectivity index (χ1) is 18.4. The van der Waals surface area contributed by atoms with Gasteiger partial charge in [0.25, 0.3) is 0 Å². The van der Waals surface area contributed by atoms with E-state index in [1.807, 2.05) is 0 Å². The van der Waals surface area contributed by atoms with E-state index in [0.29, 0.717) is 75.1 Å². The minimum atomic E-state index is -3.73. The Bertz CT molecular complexity index is 463. The molecule has 0 spiro atoms. The van der Waals surface area contributed by atoms with Crippen LogP contribution in [0.25, 0.3) is 0 Å². The van der Waals surface area contributed by atoms with Crippen molar-refractivity contribution in [2.24, 2.45) is 35.5 Å². The fourth-order valence-corrected chi connectivity index (χ4v) is 8.82. The van der Waals surface area contributed by atoms with Gasteiger partial charge in [0, 0.05) is 39.6 Å². The number of rotatable bonds is 26. The topological polar surface area (TPSA) is 64.6 Å². The molecule has 6 unspecified atom stereocenters. The summed E-state index contributed by atoms with van der Waals surface area (Å²) >= 11 is 0. The third-order valence-electron chi connectivity index (χ3n) is 7.70. The van der Waals surface area contributed by atoms with Gasteiger partial charge < -0.3 is 30.7 Å². The molecule has 9 heteroatoms. The lowest BCUT2D eigenvalue weighted by Crippen LogP contribution is -2.63. The smallest absolute Gasteiger partial charge is 0.351 e. The summed E-state index contributed by atoms with van der Waals surface area (Å²) in [5.41, 5.74) is 0. The Balaban J connectivity index is 6.62. The second kappa shape index (κ2) is 21.8. The Kier molecular flexibility index (Phi) is 21.9. The summed E-state index contributed by atoms with van der Waals surface area (Å²) in [4.78, 5) is 0. The van der Waals surface area contributed by atoms with Gasteiger partial charge in [0.2, 0.25) is 0 Å². The molecular weight excluding hydrogens is 528 g/mol. The van der Waals surface area contributed by atoms with Crippen LogP contribution in [0.5, 0.6) is 0 Å². The summed E-state index contributed by atoms with van der Waals surface area (Å²) in [7, 11) is -7.46. The van der Waals surface area contributed by atoms with Gasteiger partial charge in [0.05, 0.1) is 0 Å². The first kappa shape index (κ1) is 39.2. The molecule has 0 aromatic heterocycles. The maximum Gasteiger partial charge on any atom is 0.673 e. The van der Waals surface area contributed by atoms with Crippen LogP contribution in [0.15, 0.2) is 0 Å². The predicted molar refractivity (Wildman–Crippen MR) is 165 cm³/mol. The van der Waals surface area contributed by atoms with Gasteiger partial charge in [-0.05, 0) is 35.5 Å². The van der Waals surface area contributed by atoms with Crippen LogP contribution >= 0.6 is 0 Å². The molecule has 0 aliphatic rings. The van der Waals surface area contributed by atoms with Crippen LogP contribution in [0.2, 0.25) is 0 Å². The van der Waals surface area contributed by atoms with E-state index in [1.54, 1.807) is 0 Å². The van der Waals surface area contributed by atoms with E-state index in [4.69, 9.17) is 30.7 Å². The zero-order valence-corrected chi connectivity index (χ0v) is 29.8. The molecule has 0 fully saturated rings. The van der Waals surface area contributed by atoms with Crippen LogP contribution in [-0.4, -0.2) is 57.7 Å². The van der Waals surface area contributed by atoms with Gasteiger partial charge in [0.15, 0.2) is 0 Å². The molecule has 0 saturated heterocycles. The molecule has 0 rings (SSSR count). The summed E-state index contributed by atoms with van der Waals surface area (Å²) in [5, 5.41) is 0. The Morgan fingerprint density at radius 1 is 0.333 bits per heavy atom. The van der Waals surface area contributed by atoms with Crippen molar-refractivity contribution in [2.75, 3.05) is 39.6 Å². The maximum absolute atomic E-state index is 6.94. The average Bonchev–Trinajstić information content (AvgIpc) is 2.96. The van der Waals surface area contributed by atoms with Crippen LogP contribution in [0.4, 0.5) is 0 Å². The summed E-state index contributed by atoms with van der Waals surface area (Å²) in [6.45, 7) is 28.9. The maximum atomic E-state index is 6.94. The Morgan fingerprint density at radius 2 is 0.487 bits per heavy atom. The molecule has 0 aliphatic carbocycles. The highest BCUT2D eigenvalue weighted by Crippen LogP contribution is 2.28. The zero-order valence-electron chi connectivity index (χ0n) is 27.8. The van der Waals surface area contributed by atoms with Gasteiger partial charge in [-0.25, -0.2) is 0 Å². The quantitative estimate of drug-likeness (QED) is 0.0934. The minimum absolute atomic E-state index is 0.332. The van der Waals surface area contributed by atoms with Crippen molar-refractivity contribution < 1.29 is 30.7 Å². The van der Waals surface area contributed by atoms with E-state index in [0.717, 1.165) is 38.5 Å². The van der Waals surface area contributed by atoms with Gasteiger partial charge >= 0.3 is 18.1 Å². The van der Waals surface area contributed by atoms with Crippen LogP contribution in [-0.2, 0) is 30.7 Å². The lowest BCUT2D eigenvalue weighted by molar-refractivity contribution is -0.0843. The molecule has 7 nitrogen and oxygen atoms in total. The Labute approximate surface area is 245 Å². The molecule has 0 amide bonds. The lowest BCUT2D eigenvalue weighted by atomic mass is 10.1. The van der Waals surface area contributed by atoms with Crippen molar-refractivity contribution in [1.29, 1.82) is 0 Å². The van der Waals surface area contributed by atoms with Gasteiger partial charge in [0.1, 0.15) is 0 Å². The molecule has 236 valence electrons.